The van der Waals surface area contributed by atoms with E-state index in [1.165, 1.54) is 6.42 Å². The fraction of sp³-hybridized carbons (Fsp3) is 1.00. The van der Waals surface area contributed by atoms with Gasteiger partial charge < -0.3 is 19.5 Å². The Bertz CT molecular complexity index is 197. The topological polar surface area (TPSA) is 39.7 Å². The fourth-order valence-corrected chi connectivity index (χ4v) is 1.81. The lowest BCUT2D eigenvalue weighted by molar-refractivity contribution is 0.0255. The van der Waals surface area contributed by atoms with Crippen molar-refractivity contribution in [2.24, 2.45) is 11.3 Å². The molecule has 1 unspecified atom stereocenters. The van der Waals surface area contributed by atoms with Crippen molar-refractivity contribution in [3.05, 3.63) is 0 Å². The zero-order chi connectivity index (χ0) is 12.6. The summed E-state index contributed by atoms with van der Waals surface area (Å²) in [4.78, 5) is 0. The van der Waals surface area contributed by atoms with E-state index in [2.05, 4.69) is 19.2 Å². The minimum absolute atomic E-state index is 0.572. The highest BCUT2D eigenvalue weighted by Crippen LogP contribution is 2.50. The van der Waals surface area contributed by atoms with Crippen LogP contribution in [0.3, 0.4) is 0 Å². The molecule has 1 saturated carbocycles. The van der Waals surface area contributed by atoms with E-state index in [9.17, 15) is 0 Å². The first-order chi connectivity index (χ1) is 8.17. The number of methoxy groups -OCH3 is 1. The third kappa shape index (κ3) is 6.99. The van der Waals surface area contributed by atoms with E-state index in [1.54, 1.807) is 7.11 Å². The summed E-state index contributed by atoms with van der Waals surface area (Å²) in [5, 5.41) is 3.43. The van der Waals surface area contributed by atoms with Gasteiger partial charge in [-0.3, -0.25) is 0 Å². The fourth-order valence-electron chi connectivity index (χ4n) is 1.81. The van der Waals surface area contributed by atoms with Crippen molar-refractivity contribution in [2.45, 2.75) is 20.3 Å². The molecule has 0 bridgehead atoms. The van der Waals surface area contributed by atoms with Gasteiger partial charge in [-0.15, -0.1) is 0 Å². The van der Waals surface area contributed by atoms with Crippen LogP contribution in [0.1, 0.15) is 20.3 Å². The zero-order valence-corrected chi connectivity index (χ0v) is 11.5. The van der Waals surface area contributed by atoms with E-state index < -0.39 is 0 Å². The van der Waals surface area contributed by atoms with Crippen LogP contribution in [0.15, 0.2) is 0 Å². The quantitative estimate of drug-likeness (QED) is 0.557. The molecule has 0 saturated heterocycles. The van der Waals surface area contributed by atoms with E-state index >= 15 is 0 Å². The van der Waals surface area contributed by atoms with Crippen LogP contribution in [0.5, 0.6) is 0 Å². The third-order valence-electron chi connectivity index (χ3n) is 3.34. The van der Waals surface area contributed by atoms with Gasteiger partial charge in [0.2, 0.25) is 0 Å². The van der Waals surface area contributed by atoms with E-state index in [0.29, 0.717) is 31.8 Å². The Balaban J connectivity index is 1.70. The van der Waals surface area contributed by atoms with Gasteiger partial charge in [-0.1, -0.05) is 13.8 Å². The van der Waals surface area contributed by atoms with Gasteiger partial charge in [-0.2, -0.15) is 0 Å². The molecule has 0 aromatic heterocycles. The maximum absolute atomic E-state index is 5.44. The summed E-state index contributed by atoms with van der Waals surface area (Å²) in [7, 11) is 1.67. The van der Waals surface area contributed by atoms with E-state index in [-0.39, 0.29) is 0 Å². The molecule has 0 heterocycles. The molecule has 102 valence electrons. The second-order valence-corrected chi connectivity index (χ2v) is 5.31. The van der Waals surface area contributed by atoms with Crippen molar-refractivity contribution in [3.63, 3.8) is 0 Å². The Morgan fingerprint density at radius 1 is 1.06 bits per heavy atom. The molecule has 0 aromatic carbocycles. The van der Waals surface area contributed by atoms with Crippen molar-refractivity contribution in [1.82, 2.24) is 5.32 Å². The van der Waals surface area contributed by atoms with Gasteiger partial charge in [0.1, 0.15) is 0 Å². The first-order valence-electron chi connectivity index (χ1n) is 6.52. The maximum Gasteiger partial charge on any atom is 0.0701 e. The minimum Gasteiger partial charge on any atom is -0.382 e. The standard InChI is InChI=1S/C13H27NO3/c1-13(2)10-12(13)11-14-4-5-16-8-9-17-7-6-15-3/h12,14H,4-11H2,1-3H3. The summed E-state index contributed by atoms with van der Waals surface area (Å²) in [6.07, 6.45) is 1.36. The van der Waals surface area contributed by atoms with Crippen molar-refractivity contribution in [1.29, 1.82) is 0 Å². The van der Waals surface area contributed by atoms with Crippen LogP contribution in [0, 0.1) is 11.3 Å². The number of hydrogen-bond acceptors (Lipinski definition) is 4. The predicted molar refractivity (Wildman–Crippen MR) is 68.3 cm³/mol. The van der Waals surface area contributed by atoms with Crippen LogP contribution in [-0.2, 0) is 14.2 Å². The summed E-state index contributed by atoms with van der Waals surface area (Å²) >= 11 is 0. The molecule has 1 aliphatic rings. The maximum atomic E-state index is 5.44. The van der Waals surface area contributed by atoms with Crippen LogP contribution in [0.25, 0.3) is 0 Å². The molecule has 4 nitrogen and oxygen atoms in total. The number of ether oxygens (including phenoxy) is 3. The van der Waals surface area contributed by atoms with Gasteiger partial charge in [0.05, 0.1) is 33.0 Å². The molecule has 1 fully saturated rings. The molecule has 0 amide bonds. The summed E-state index contributed by atoms with van der Waals surface area (Å²) in [6.45, 7) is 10.1. The average Bonchev–Trinajstić information content (AvgIpc) is 2.89. The van der Waals surface area contributed by atoms with Crippen LogP contribution < -0.4 is 5.32 Å². The normalized spacial score (nSPS) is 21.7. The molecule has 17 heavy (non-hydrogen) atoms. The largest absolute Gasteiger partial charge is 0.382 e. The highest BCUT2D eigenvalue weighted by molar-refractivity contribution is 4.95. The van der Waals surface area contributed by atoms with Gasteiger partial charge in [0.25, 0.3) is 0 Å². The monoisotopic (exact) mass is 245 g/mol. The smallest absolute Gasteiger partial charge is 0.0701 e. The highest BCUT2D eigenvalue weighted by Gasteiger charge is 2.44. The zero-order valence-electron chi connectivity index (χ0n) is 11.5. The Morgan fingerprint density at radius 2 is 1.65 bits per heavy atom. The van der Waals surface area contributed by atoms with Gasteiger partial charge in [-0.05, 0) is 24.3 Å². The second-order valence-electron chi connectivity index (χ2n) is 5.31. The molecule has 1 N–H and O–H groups in total. The molecular weight excluding hydrogens is 218 g/mol. The number of hydrogen-bond donors (Lipinski definition) is 1. The Hall–Kier alpha value is -0.160. The number of nitrogens with one attached hydrogen (secondary N) is 1. The van der Waals surface area contributed by atoms with Crippen molar-refractivity contribution < 1.29 is 14.2 Å². The summed E-state index contributed by atoms with van der Waals surface area (Å²) in [5.41, 5.74) is 0.572. The summed E-state index contributed by atoms with van der Waals surface area (Å²) in [5.74, 6) is 0.861. The molecule has 0 spiro atoms. The summed E-state index contributed by atoms with van der Waals surface area (Å²) < 4.78 is 15.6. The highest BCUT2D eigenvalue weighted by atomic mass is 16.5. The van der Waals surface area contributed by atoms with Crippen LogP contribution in [-0.4, -0.2) is 53.2 Å². The third-order valence-corrected chi connectivity index (χ3v) is 3.34. The molecule has 1 aliphatic carbocycles. The molecule has 0 aliphatic heterocycles. The Labute approximate surface area is 105 Å². The first-order valence-corrected chi connectivity index (χ1v) is 6.52. The lowest BCUT2D eigenvalue weighted by Gasteiger charge is -2.07. The Kier molecular flexibility index (Phi) is 7.04. The molecular formula is C13H27NO3. The van der Waals surface area contributed by atoms with Crippen LogP contribution in [0.4, 0.5) is 0 Å². The van der Waals surface area contributed by atoms with Crippen molar-refractivity contribution in [3.8, 4) is 0 Å². The van der Waals surface area contributed by atoms with Gasteiger partial charge in [0.15, 0.2) is 0 Å². The van der Waals surface area contributed by atoms with Crippen molar-refractivity contribution >= 4 is 0 Å². The SMILES string of the molecule is COCCOCCOCCNCC1CC1(C)C. The molecule has 1 atom stereocenters. The minimum atomic E-state index is 0.572. The van der Waals surface area contributed by atoms with E-state index in [4.69, 9.17) is 14.2 Å². The molecule has 1 rings (SSSR count). The predicted octanol–water partition coefficient (Wildman–Crippen LogP) is 1.30. The van der Waals surface area contributed by atoms with Crippen LogP contribution >= 0.6 is 0 Å². The van der Waals surface area contributed by atoms with E-state index in [1.807, 2.05) is 0 Å². The lowest BCUT2D eigenvalue weighted by Crippen LogP contribution is -2.24. The van der Waals surface area contributed by atoms with Gasteiger partial charge >= 0.3 is 0 Å². The van der Waals surface area contributed by atoms with Gasteiger partial charge in [0, 0.05) is 13.7 Å². The lowest BCUT2D eigenvalue weighted by atomic mass is 10.1. The summed E-state index contributed by atoms with van der Waals surface area (Å²) in [6, 6.07) is 0. The van der Waals surface area contributed by atoms with E-state index in [0.717, 1.165) is 25.6 Å². The van der Waals surface area contributed by atoms with Crippen molar-refractivity contribution in [2.75, 3.05) is 53.2 Å². The van der Waals surface area contributed by atoms with Gasteiger partial charge in [-0.25, -0.2) is 0 Å². The number of rotatable bonds is 11. The molecule has 4 heteroatoms. The average molecular weight is 245 g/mol. The second kappa shape index (κ2) is 8.03. The molecule has 0 aromatic rings. The first kappa shape index (κ1) is 14.9. The van der Waals surface area contributed by atoms with Crippen LogP contribution in [0.2, 0.25) is 0 Å². The Morgan fingerprint density at radius 3 is 2.24 bits per heavy atom. The molecule has 0 radical (unpaired) electrons.